The van der Waals surface area contributed by atoms with Crippen LogP contribution in [0.5, 0.6) is 0 Å². The molecule has 1 atom stereocenters. The van der Waals surface area contributed by atoms with E-state index in [1.165, 1.54) is 0 Å². The van der Waals surface area contributed by atoms with Crippen molar-refractivity contribution in [2.75, 3.05) is 0 Å². The molecule has 0 fully saturated rings. The minimum Gasteiger partial charge on any atom is -0.301 e. The van der Waals surface area contributed by atoms with E-state index in [2.05, 4.69) is 16.9 Å². The summed E-state index contributed by atoms with van der Waals surface area (Å²) in [4.78, 5) is 20.4. The zero-order valence-electron chi connectivity index (χ0n) is 9.93. The monoisotopic (exact) mass is 261 g/mol. The van der Waals surface area contributed by atoms with E-state index >= 15 is 0 Å². The Labute approximate surface area is 109 Å². The molecule has 0 saturated heterocycles. The molecule has 0 aliphatic carbocycles. The van der Waals surface area contributed by atoms with Gasteiger partial charge < -0.3 is 4.57 Å². The summed E-state index contributed by atoms with van der Waals surface area (Å²) in [6.45, 7) is 2.11. The standard InChI is InChI=1S/C13H12ClN3O/c1-2-4-10-15-7-11-16-13(18)12-8(14)5-3-6-9(12)17(10)11/h3,5-7,10H,2,4H2,1H3. The first-order valence-corrected chi connectivity index (χ1v) is 6.34. The Bertz CT molecular complexity index is 705. The number of aliphatic imine (C=N–C) groups is 1. The average Bonchev–Trinajstić information content (AvgIpc) is 2.73. The maximum atomic E-state index is 12.0. The van der Waals surface area contributed by atoms with Gasteiger partial charge in [-0.1, -0.05) is 31.0 Å². The summed E-state index contributed by atoms with van der Waals surface area (Å²) in [7, 11) is 0. The highest BCUT2D eigenvalue weighted by Crippen LogP contribution is 2.28. The highest BCUT2D eigenvalue weighted by Gasteiger charge is 2.21. The second kappa shape index (κ2) is 4.21. The van der Waals surface area contributed by atoms with Crippen LogP contribution in [0, 0.1) is 0 Å². The summed E-state index contributed by atoms with van der Waals surface area (Å²) in [6.07, 6.45) is 3.65. The predicted octanol–water partition coefficient (Wildman–Crippen LogP) is 2.78. The van der Waals surface area contributed by atoms with Crippen molar-refractivity contribution in [2.45, 2.75) is 25.9 Å². The SMILES string of the molecule is CCCC1N=Cc2nc(=O)c3c(Cl)cccc3n21. The second-order valence-corrected chi connectivity index (χ2v) is 4.73. The molecule has 0 N–H and O–H groups in total. The van der Waals surface area contributed by atoms with Crippen molar-refractivity contribution >= 4 is 28.7 Å². The molecule has 0 bridgehead atoms. The lowest BCUT2D eigenvalue weighted by Gasteiger charge is -2.15. The Kier molecular flexibility index (Phi) is 2.67. The van der Waals surface area contributed by atoms with Crippen molar-refractivity contribution in [2.24, 2.45) is 4.99 Å². The van der Waals surface area contributed by atoms with Gasteiger partial charge in [-0.3, -0.25) is 9.79 Å². The van der Waals surface area contributed by atoms with Gasteiger partial charge in [-0.15, -0.1) is 0 Å². The summed E-state index contributed by atoms with van der Waals surface area (Å²) < 4.78 is 1.99. The van der Waals surface area contributed by atoms with Gasteiger partial charge in [0, 0.05) is 0 Å². The summed E-state index contributed by atoms with van der Waals surface area (Å²) in [5, 5.41) is 0.928. The molecule has 2 aromatic rings. The van der Waals surface area contributed by atoms with Gasteiger partial charge in [0.2, 0.25) is 0 Å². The van der Waals surface area contributed by atoms with Crippen LogP contribution >= 0.6 is 11.6 Å². The molecule has 1 aliphatic rings. The number of nitrogens with zero attached hydrogens (tertiary/aromatic N) is 3. The normalized spacial score (nSPS) is 17.3. The van der Waals surface area contributed by atoms with Crippen molar-refractivity contribution in [3.63, 3.8) is 0 Å². The van der Waals surface area contributed by atoms with Crippen molar-refractivity contribution in [1.29, 1.82) is 0 Å². The molecule has 1 aliphatic heterocycles. The van der Waals surface area contributed by atoms with Crippen LogP contribution in [-0.2, 0) is 0 Å². The van der Waals surface area contributed by atoms with Gasteiger partial charge in [0.15, 0.2) is 5.82 Å². The Morgan fingerprint density at radius 2 is 2.28 bits per heavy atom. The van der Waals surface area contributed by atoms with E-state index in [9.17, 15) is 4.79 Å². The van der Waals surface area contributed by atoms with Gasteiger partial charge in [0.05, 0.1) is 22.1 Å². The Morgan fingerprint density at radius 3 is 3.06 bits per heavy atom. The van der Waals surface area contributed by atoms with Gasteiger partial charge in [-0.05, 0) is 18.6 Å². The summed E-state index contributed by atoms with van der Waals surface area (Å²) in [6, 6.07) is 5.45. The third-order valence-electron chi connectivity index (χ3n) is 3.13. The van der Waals surface area contributed by atoms with Crippen LogP contribution in [0.2, 0.25) is 5.02 Å². The van der Waals surface area contributed by atoms with Crippen molar-refractivity contribution < 1.29 is 0 Å². The zero-order valence-corrected chi connectivity index (χ0v) is 10.7. The molecule has 0 spiro atoms. The Balaban J connectivity index is 2.36. The Morgan fingerprint density at radius 1 is 1.44 bits per heavy atom. The highest BCUT2D eigenvalue weighted by molar-refractivity contribution is 6.35. The van der Waals surface area contributed by atoms with Gasteiger partial charge in [-0.25, -0.2) is 0 Å². The maximum Gasteiger partial charge on any atom is 0.282 e. The number of aromatic nitrogens is 2. The van der Waals surface area contributed by atoms with Gasteiger partial charge >= 0.3 is 0 Å². The molecule has 3 rings (SSSR count). The summed E-state index contributed by atoms with van der Waals surface area (Å²) in [5.74, 6) is 0.619. The minimum atomic E-state index is -0.287. The smallest absolute Gasteiger partial charge is 0.282 e. The van der Waals surface area contributed by atoms with E-state index in [1.807, 2.05) is 16.7 Å². The molecule has 18 heavy (non-hydrogen) atoms. The highest BCUT2D eigenvalue weighted by atomic mass is 35.5. The molecule has 0 saturated carbocycles. The quantitative estimate of drug-likeness (QED) is 0.835. The fraction of sp³-hybridized carbons (Fsp3) is 0.308. The molecule has 1 unspecified atom stereocenters. The first kappa shape index (κ1) is 11.4. The number of rotatable bonds is 2. The van der Waals surface area contributed by atoms with E-state index in [0.717, 1.165) is 18.4 Å². The van der Waals surface area contributed by atoms with E-state index in [0.29, 0.717) is 16.2 Å². The van der Waals surface area contributed by atoms with Gasteiger partial charge in [0.25, 0.3) is 5.56 Å². The number of halogens is 1. The van der Waals surface area contributed by atoms with Crippen LogP contribution in [0.1, 0.15) is 31.8 Å². The van der Waals surface area contributed by atoms with Crippen molar-refractivity contribution in [1.82, 2.24) is 9.55 Å². The van der Waals surface area contributed by atoms with Gasteiger partial charge in [0.1, 0.15) is 6.17 Å². The van der Waals surface area contributed by atoms with Crippen LogP contribution in [0.25, 0.3) is 10.9 Å². The fourth-order valence-corrected chi connectivity index (χ4v) is 2.60. The largest absolute Gasteiger partial charge is 0.301 e. The van der Waals surface area contributed by atoms with E-state index in [-0.39, 0.29) is 11.7 Å². The van der Waals surface area contributed by atoms with E-state index in [4.69, 9.17) is 11.6 Å². The maximum absolute atomic E-state index is 12.0. The predicted molar refractivity (Wildman–Crippen MR) is 72.6 cm³/mol. The van der Waals surface area contributed by atoms with E-state index < -0.39 is 0 Å². The number of hydrogen-bond donors (Lipinski definition) is 0. The van der Waals surface area contributed by atoms with Crippen molar-refractivity contribution in [3.8, 4) is 0 Å². The van der Waals surface area contributed by atoms with Crippen LogP contribution < -0.4 is 5.56 Å². The zero-order chi connectivity index (χ0) is 12.7. The fourth-order valence-electron chi connectivity index (χ4n) is 2.35. The lowest BCUT2D eigenvalue weighted by molar-refractivity contribution is 0.502. The first-order valence-electron chi connectivity index (χ1n) is 5.96. The minimum absolute atomic E-state index is 0.0269. The molecule has 4 nitrogen and oxygen atoms in total. The topological polar surface area (TPSA) is 47.2 Å². The summed E-state index contributed by atoms with van der Waals surface area (Å²) >= 11 is 6.09. The third-order valence-corrected chi connectivity index (χ3v) is 3.45. The van der Waals surface area contributed by atoms with Crippen LogP contribution in [0.4, 0.5) is 0 Å². The third kappa shape index (κ3) is 1.56. The van der Waals surface area contributed by atoms with Crippen LogP contribution in [0.3, 0.4) is 0 Å². The molecule has 0 amide bonds. The average molecular weight is 262 g/mol. The van der Waals surface area contributed by atoms with E-state index in [1.54, 1.807) is 12.3 Å². The lowest BCUT2D eigenvalue weighted by Crippen LogP contribution is -2.18. The van der Waals surface area contributed by atoms with Crippen molar-refractivity contribution in [3.05, 3.63) is 39.4 Å². The number of benzene rings is 1. The number of hydrogen-bond acceptors (Lipinski definition) is 3. The number of fused-ring (bicyclic) bond motifs is 3. The molecule has 1 aromatic carbocycles. The van der Waals surface area contributed by atoms with Gasteiger partial charge in [-0.2, -0.15) is 4.98 Å². The summed E-state index contributed by atoms with van der Waals surface area (Å²) in [5.41, 5.74) is 0.527. The Hall–Kier alpha value is -1.68. The molecule has 0 radical (unpaired) electrons. The molecule has 5 heteroatoms. The molecular weight excluding hydrogens is 250 g/mol. The molecule has 1 aromatic heterocycles. The molecule has 2 heterocycles. The molecular formula is C13H12ClN3O. The lowest BCUT2D eigenvalue weighted by atomic mass is 10.2. The second-order valence-electron chi connectivity index (χ2n) is 4.33. The molecule has 92 valence electrons. The van der Waals surface area contributed by atoms with Crippen LogP contribution in [-0.4, -0.2) is 15.8 Å². The first-order chi connectivity index (χ1) is 8.72. The van der Waals surface area contributed by atoms with Crippen LogP contribution in [0.15, 0.2) is 28.0 Å².